The van der Waals surface area contributed by atoms with Gasteiger partial charge in [0.05, 0.1) is 0 Å². The number of hydrogen-bond acceptors (Lipinski definition) is 2. The number of piperidine rings is 1. The SMILES string of the molecule is O=C(NN1CCCCC1)C(F)(F)C(F)(F)F. The fraction of sp³-hybridized carbons (Fsp3) is 0.875. The van der Waals surface area contributed by atoms with Crippen molar-refractivity contribution in [3.05, 3.63) is 0 Å². The van der Waals surface area contributed by atoms with Crippen molar-refractivity contribution >= 4 is 5.91 Å². The summed E-state index contributed by atoms with van der Waals surface area (Å²) in [6, 6.07) is 0. The predicted molar refractivity (Wildman–Crippen MR) is 44.6 cm³/mol. The minimum absolute atomic E-state index is 0.291. The van der Waals surface area contributed by atoms with E-state index >= 15 is 0 Å². The second-order valence-corrected chi connectivity index (χ2v) is 3.56. The van der Waals surface area contributed by atoms with Gasteiger partial charge in [-0.25, -0.2) is 5.01 Å². The summed E-state index contributed by atoms with van der Waals surface area (Å²) in [5.41, 5.74) is 1.59. The van der Waals surface area contributed by atoms with Crippen LogP contribution in [0.3, 0.4) is 0 Å². The highest BCUT2D eigenvalue weighted by atomic mass is 19.4. The van der Waals surface area contributed by atoms with Crippen molar-refractivity contribution in [2.24, 2.45) is 0 Å². The van der Waals surface area contributed by atoms with Crippen molar-refractivity contribution < 1.29 is 26.7 Å². The number of hydrazine groups is 1. The first-order chi connectivity index (χ1) is 7.25. The number of hydrogen-bond donors (Lipinski definition) is 1. The van der Waals surface area contributed by atoms with Gasteiger partial charge in [-0.3, -0.25) is 10.2 Å². The fourth-order valence-corrected chi connectivity index (χ4v) is 1.35. The summed E-state index contributed by atoms with van der Waals surface area (Å²) < 4.78 is 60.5. The summed E-state index contributed by atoms with van der Waals surface area (Å²) in [5.74, 6) is -7.66. The zero-order valence-corrected chi connectivity index (χ0v) is 8.28. The van der Waals surface area contributed by atoms with Gasteiger partial charge in [0, 0.05) is 13.1 Å². The van der Waals surface area contributed by atoms with Crippen LogP contribution in [0.1, 0.15) is 19.3 Å². The molecule has 0 bridgehead atoms. The summed E-state index contributed by atoms with van der Waals surface area (Å²) in [5, 5.41) is 1.09. The van der Waals surface area contributed by atoms with Gasteiger partial charge in [-0.05, 0) is 12.8 Å². The average Bonchev–Trinajstić information content (AvgIpc) is 2.17. The number of amides is 1. The van der Waals surface area contributed by atoms with Gasteiger partial charge in [0.25, 0.3) is 0 Å². The van der Waals surface area contributed by atoms with Gasteiger partial charge in [0.15, 0.2) is 0 Å². The molecule has 94 valence electrons. The van der Waals surface area contributed by atoms with Crippen LogP contribution in [0.25, 0.3) is 0 Å². The highest BCUT2D eigenvalue weighted by molar-refractivity contribution is 5.83. The molecule has 0 aromatic carbocycles. The molecule has 1 fully saturated rings. The van der Waals surface area contributed by atoms with Crippen LogP contribution < -0.4 is 5.43 Å². The topological polar surface area (TPSA) is 32.3 Å². The van der Waals surface area contributed by atoms with E-state index in [1.54, 1.807) is 5.43 Å². The summed E-state index contributed by atoms with van der Waals surface area (Å²) >= 11 is 0. The fourth-order valence-electron chi connectivity index (χ4n) is 1.35. The molecule has 0 spiro atoms. The van der Waals surface area contributed by atoms with E-state index in [4.69, 9.17) is 0 Å². The van der Waals surface area contributed by atoms with Crippen LogP contribution in [0.4, 0.5) is 22.0 Å². The quantitative estimate of drug-likeness (QED) is 0.752. The molecule has 0 radical (unpaired) electrons. The average molecular weight is 246 g/mol. The van der Waals surface area contributed by atoms with Gasteiger partial charge < -0.3 is 0 Å². The highest BCUT2D eigenvalue weighted by Gasteiger charge is 2.63. The molecule has 1 amide bonds. The molecule has 0 aromatic rings. The van der Waals surface area contributed by atoms with Crippen molar-refractivity contribution in [3.8, 4) is 0 Å². The minimum atomic E-state index is -5.85. The molecule has 1 aliphatic rings. The lowest BCUT2D eigenvalue weighted by molar-refractivity contribution is -0.271. The van der Waals surface area contributed by atoms with Crippen LogP contribution in [0.15, 0.2) is 0 Å². The highest BCUT2D eigenvalue weighted by Crippen LogP contribution is 2.35. The van der Waals surface area contributed by atoms with Crippen LogP contribution in [0.5, 0.6) is 0 Å². The summed E-state index contributed by atoms with van der Waals surface area (Å²) in [6.07, 6.45) is -3.65. The van der Waals surface area contributed by atoms with E-state index in [1.165, 1.54) is 0 Å². The zero-order valence-electron chi connectivity index (χ0n) is 8.28. The second-order valence-electron chi connectivity index (χ2n) is 3.56. The first-order valence-corrected chi connectivity index (χ1v) is 4.76. The molecular formula is C8H11F5N2O. The van der Waals surface area contributed by atoms with E-state index in [1.807, 2.05) is 0 Å². The van der Waals surface area contributed by atoms with Crippen LogP contribution in [-0.2, 0) is 4.79 Å². The second kappa shape index (κ2) is 4.52. The third kappa shape index (κ3) is 2.81. The van der Waals surface area contributed by atoms with E-state index in [2.05, 4.69) is 0 Å². The molecule has 0 unspecified atom stereocenters. The first-order valence-electron chi connectivity index (χ1n) is 4.76. The molecule has 3 nitrogen and oxygen atoms in total. The maximum absolute atomic E-state index is 12.5. The molecule has 1 aliphatic heterocycles. The monoisotopic (exact) mass is 246 g/mol. The summed E-state index contributed by atoms with van der Waals surface area (Å²) in [7, 11) is 0. The number of nitrogens with zero attached hydrogens (tertiary/aromatic N) is 1. The number of halogens is 5. The number of alkyl halides is 5. The smallest absolute Gasteiger partial charge is 0.283 e. The van der Waals surface area contributed by atoms with E-state index < -0.39 is 18.0 Å². The Hall–Kier alpha value is -0.920. The number of rotatable bonds is 2. The van der Waals surface area contributed by atoms with Crippen molar-refractivity contribution in [2.45, 2.75) is 31.4 Å². The maximum atomic E-state index is 12.5. The van der Waals surface area contributed by atoms with Crippen LogP contribution >= 0.6 is 0 Å². The Morgan fingerprint density at radius 1 is 1.00 bits per heavy atom. The zero-order chi connectivity index (χ0) is 12.4. The molecule has 1 rings (SSSR count). The Balaban J connectivity index is 2.57. The Labute approximate surface area is 88.6 Å². The number of nitrogens with one attached hydrogen (secondary N) is 1. The predicted octanol–water partition coefficient (Wildman–Crippen LogP) is 1.70. The molecule has 0 saturated carbocycles. The van der Waals surface area contributed by atoms with Gasteiger partial charge in [-0.2, -0.15) is 22.0 Å². The Morgan fingerprint density at radius 2 is 1.50 bits per heavy atom. The standard InChI is InChI=1S/C8H11F5N2O/c9-7(10,8(11,12)13)6(16)14-15-4-2-1-3-5-15/h1-5H2,(H,14,16). The third-order valence-electron chi connectivity index (χ3n) is 2.26. The largest absolute Gasteiger partial charge is 0.463 e. The van der Waals surface area contributed by atoms with Gasteiger partial charge in [0.1, 0.15) is 0 Å². The van der Waals surface area contributed by atoms with Crippen LogP contribution in [0.2, 0.25) is 0 Å². The van der Waals surface area contributed by atoms with E-state index in [0.717, 1.165) is 11.4 Å². The van der Waals surface area contributed by atoms with Crippen molar-refractivity contribution in [3.63, 3.8) is 0 Å². The molecule has 1 N–H and O–H groups in total. The molecule has 8 heteroatoms. The normalized spacial score (nSPS) is 19.6. The minimum Gasteiger partial charge on any atom is -0.283 e. The van der Waals surface area contributed by atoms with Crippen molar-refractivity contribution in [1.82, 2.24) is 10.4 Å². The third-order valence-corrected chi connectivity index (χ3v) is 2.26. The van der Waals surface area contributed by atoms with Gasteiger partial charge >= 0.3 is 18.0 Å². The first kappa shape index (κ1) is 13.1. The van der Waals surface area contributed by atoms with E-state index in [0.29, 0.717) is 25.9 Å². The van der Waals surface area contributed by atoms with Crippen molar-refractivity contribution in [1.29, 1.82) is 0 Å². The van der Waals surface area contributed by atoms with Crippen LogP contribution in [-0.4, -0.2) is 36.1 Å². The molecule has 16 heavy (non-hydrogen) atoms. The van der Waals surface area contributed by atoms with E-state index in [9.17, 15) is 26.7 Å². The Bertz CT molecular complexity index is 260. The van der Waals surface area contributed by atoms with Gasteiger partial charge in [-0.15, -0.1) is 0 Å². The molecule has 0 aliphatic carbocycles. The van der Waals surface area contributed by atoms with Gasteiger partial charge in [-0.1, -0.05) is 6.42 Å². The molecular weight excluding hydrogens is 235 g/mol. The Morgan fingerprint density at radius 3 is 1.94 bits per heavy atom. The summed E-state index contributed by atoms with van der Waals surface area (Å²) in [4.78, 5) is 10.8. The number of carbonyl (C=O) groups is 1. The summed E-state index contributed by atoms with van der Waals surface area (Å²) in [6.45, 7) is 0.583. The lowest BCUT2D eigenvalue weighted by Crippen LogP contribution is -2.56. The number of carbonyl (C=O) groups excluding carboxylic acids is 1. The molecule has 0 aromatic heterocycles. The Kier molecular flexibility index (Phi) is 3.72. The van der Waals surface area contributed by atoms with Gasteiger partial charge in [0.2, 0.25) is 0 Å². The maximum Gasteiger partial charge on any atom is 0.463 e. The molecule has 0 atom stereocenters. The van der Waals surface area contributed by atoms with Crippen molar-refractivity contribution in [2.75, 3.05) is 13.1 Å². The van der Waals surface area contributed by atoms with Crippen LogP contribution in [0, 0.1) is 0 Å². The molecule has 1 heterocycles. The molecule has 1 saturated heterocycles. The lowest BCUT2D eigenvalue weighted by Gasteiger charge is -2.29. The van der Waals surface area contributed by atoms with E-state index in [-0.39, 0.29) is 0 Å². The lowest BCUT2D eigenvalue weighted by atomic mass is 10.2.